The largest absolute Gasteiger partial charge is 0.673 e. The van der Waals surface area contributed by atoms with E-state index in [0.717, 1.165) is 25.2 Å². The average molecular weight is 422 g/mol. The van der Waals surface area contributed by atoms with E-state index >= 15 is 0 Å². The van der Waals surface area contributed by atoms with E-state index in [9.17, 15) is 17.3 Å². The number of hydrogen-bond donors (Lipinski definition) is 0. The Balaban J connectivity index is 0.000000537. The monoisotopic (exact) mass is 422 g/mol. The van der Waals surface area contributed by atoms with Crippen molar-refractivity contribution < 1.29 is 22.0 Å². The van der Waals surface area contributed by atoms with Crippen LogP contribution < -0.4 is 4.74 Å². The number of halogens is 4. The Kier molecular flexibility index (Phi) is 9.12. The minimum Gasteiger partial charge on any atom is -0.488 e. The molecule has 0 aliphatic heterocycles. The second kappa shape index (κ2) is 11.6. The lowest BCUT2D eigenvalue weighted by atomic mass is 10.3. The fourth-order valence-corrected chi connectivity index (χ4v) is 4.75. The Bertz CT molecular complexity index is 799. The molecule has 0 saturated heterocycles. The van der Waals surface area contributed by atoms with Crippen LogP contribution in [0.15, 0.2) is 99.6 Å². The van der Waals surface area contributed by atoms with Crippen LogP contribution >= 0.6 is 0 Å². The summed E-state index contributed by atoms with van der Waals surface area (Å²) < 4.78 is 45.1. The molecule has 0 fully saturated rings. The van der Waals surface area contributed by atoms with Gasteiger partial charge in [-0.2, -0.15) is 0 Å². The smallest absolute Gasteiger partial charge is 0.488 e. The van der Waals surface area contributed by atoms with E-state index in [0.29, 0.717) is 0 Å². The first-order valence-corrected chi connectivity index (χ1v) is 10.6. The number of hydrogen-bond acceptors (Lipinski definition) is 1. The second-order valence-electron chi connectivity index (χ2n) is 6.08. The number of benzene rings is 3. The van der Waals surface area contributed by atoms with Crippen LogP contribution in [0.25, 0.3) is 0 Å². The average Bonchev–Trinajstić information content (AvgIpc) is 2.70. The summed E-state index contributed by atoms with van der Waals surface area (Å²) in [5, 5.41) is 0. The van der Waals surface area contributed by atoms with Gasteiger partial charge in [-0.25, -0.2) is 0 Å². The second-order valence-corrected chi connectivity index (χ2v) is 8.07. The third kappa shape index (κ3) is 8.24. The fraction of sp³-hybridized carbons (Fsp3) is 0.182. The first-order valence-electron chi connectivity index (χ1n) is 9.33. The molecule has 3 aromatic rings. The molecule has 0 unspecified atom stereocenters. The van der Waals surface area contributed by atoms with Crippen LogP contribution in [0.1, 0.15) is 19.8 Å². The maximum Gasteiger partial charge on any atom is 0.673 e. The van der Waals surface area contributed by atoms with Crippen molar-refractivity contribution in [1.29, 1.82) is 0 Å². The van der Waals surface area contributed by atoms with Gasteiger partial charge in [-0.15, -0.1) is 0 Å². The molecule has 0 N–H and O–H groups in total. The van der Waals surface area contributed by atoms with Crippen molar-refractivity contribution >= 4 is 18.1 Å². The van der Waals surface area contributed by atoms with E-state index in [4.69, 9.17) is 4.74 Å². The summed E-state index contributed by atoms with van der Waals surface area (Å²) in [5.41, 5.74) is 0. The summed E-state index contributed by atoms with van der Waals surface area (Å²) >= 11 is 0. The molecule has 0 spiro atoms. The Labute approximate surface area is 172 Å². The van der Waals surface area contributed by atoms with Gasteiger partial charge in [0.15, 0.2) is 15.5 Å². The molecule has 3 aromatic carbocycles. The molecule has 0 radical (unpaired) electrons. The van der Waals surface area contributed by atoms with Crippen molar-refractivity contribution in [2.75, 3.05) is 6.61 Å². The van der Waals surface area contributed by atoms with Crippen molar-refractivity contribution in [2.24, 2.45) is 0 Å². The topological polar surface area (TPSA) is 9.23 Å². The predicted molar refractivity (Wildman–Crippen MR) is 112 cm³/mol. The fourth-order valence-electron chi connectivity index (χ4n) is 2.57. The van der Waals surface area contributed by atoms with Crippen molar-refractivity contribution in [3.8, 4) is 5.75 Å². The summed E-state index contributed by atoms with van der Waals surface area (Å²) in [7, 11) is -6.16. The standard InChI is InChI=1S/C22H23OS.BF4/c1-2-3-18-23-21-16-10-11-17-22(21)24(19-12-6-4-7-13-19)20-14-8-5-9-15-20;2-1(3,4)5/h4-17H,2-3,18H2,1H3;/q+1;-1. The van der Waals surface area contributed by atoms with E-state index in [2.05, 4.69) is 91.9 Å². The highest BCUT2D eigenvalue weighted by Crippen LogP contribution is 2.36. The molecule has 0 amide bonds. The molecule has 0 aliphatic rings. The zero-order valence-corrected chi connectivity index (χ0v) is 16.9. The zero-order chi connectivity index (χ0) is 21.1. The molecule has 0 heterocycles. The van der Waals surface area contributed by atoms with E-state index < -0.39 is 7.25 Å². The number of para-hydroxylation sites is 1. The number of unbranched alkanes of at least 4 members (excludes halogenated alkanes) is 1. The minimum atomic E-state index is -6.00. The van der Waals surface area contributed by atoms with Crippen LogP contribution in [0.2, 0.25) is 0 Å². The molecule has 154 valence electrons. The molecule has 0 atom stereocenters. The van der Waals surface area contributed by atoms with Gasteiger partial charge in [-0.3, -0.25) is 0 Å². The molecular weight excluding hydrogens is 399 g/mol. The molecule has 7 heteroatoms. The van der Waals surface area contributed by atoms with Crippen LogP contribution in [0.5, 0.6) is 5.75 Å². The van der Waals surface area contributed by atoms with E-state index in [-0.39, 0.29) is 10.9 Å². The normalized spacial score (nSPS) is 11.0. The van der Waals surface area contributed by atoms with Gasteiger partial charge in [0.25, 0.3) is 0 Å². The Morgan fingerprint density at radius 1 is 0.724 bits per heavy atom. The summed E-state index contributed by atoms with van der Waals surface area (Å²) in [6, 6.07) is 29.9. The Hall–Kier alpha value is -2.41. The van der Waals surface area contributed by atoms with Gasteiger partial charge in [0.2, 0.25) is 4.90 Å². The lowest BCUT2D eigenvalue weighted by molar-refractivity contribution is 0.302. The minimum absolute atomic E-state index is 0.157. The Morgan fingerprint density at radius 2 is 1.17 bits per heavy atom. The molecule has 0 bridgehead atoms. The van der Waals surface area contributed by atoms with Gasteiger partial charge >= 0.3 is 7.25 Å². The molecule has 0 saturated carbocycles. The summed E-state index contributed by atoms with van der Waals surface area (Å²) in [4.78, 5) is 3.89. The maximum atomic E-state index is 9.75. The zero-order valence-electron chi connectivity index (χ0n) is 16.1. The van der Waals surface area contributed by atoms with E-state index in [1.807, 2.05) is 0 Å². The summed E-state index contributed by atoms with van der Waals surface area (Å²) in [6.45, 7) is 2.96. The van der Waals surface area contributed by atoms with Crippen LogP contribution in [-0.2, 0) is 10.9 Å². The summed E-state index contributed by atoms with van der Waals surface area (Å²) in [6.07, 6.45) is 2.23. The quantitative estimate of drug-likeness (QED) is 0.169. The highest BCUT2D eigenvalue weighted by atomic mass is 32.2. The third-order valence-corrected chi connectivity index (χ3v) is 6.05. The lowest BCUT2D eigenvalue weighted by Gasteiger charge is -2.12. The Morgan fingerprint density at radius 3 is 1.66 bits per heavy atom. The summed E-state index contributed by atoms with van der Waals surface area (Å²) in [5.74, 6) is 1.00. The number of rotatable bonds is 7. The molecule has 1 nitrogen and oxygen atoms in total. The first-order chi connectivity index (χ1) is 13.9. The van der Waals surface area contributed by atoms with Gasteiger partial charge in [0, 0.05) is 0 Å². The van der Waals surface area contributed by atoms with Crippen LogP contribution in [0.4, 0.5) is 17.3 Å². The van der Waals surface area contributed by atoms with Crippen LogP contribution in [0, 0.1) is 0 Å². The van der Waals surface area contributed by atoms with Gasteiger partial charge in [-0.1, -0.05) is 61.9 Å². The first kappa shape index (κ1) is 22.9. The number of ether oxygens (including phenoxy) is 1. The maximum absolute atomic E-state index is 9.75. The molecule has 0 aliphatic carbocycles. The van der Waals surface area contributed by atoms with Crippen molar-refractivity contribution in [3.05, 3.63) is 84.9 Å². The van der Waals surface area contributed by atoms with Crippen molar-refractivity contribution in [1.82, 2.24) is 0 Å². The van der Waals surface area contributed by atoms with Gasteiger partial charge < -0.3 is 22.0 Å². The van der Waals surface area contributed by atoms with Gasteiger partial charge in [-0.05, 0) is 42.8 Å². The van der Waals surface area contributed by atoms with Crippen LogP contribution in [0.3, 0.4) is 0 Å². The SMILES string of the molecule is CCCCOc1ccccc1[S+](c1ccccc1)c1ccccc1.F[B-](F)(F)F. The lowest BCUT2D eigenvalue weighted by Crippen LogP contribution is -2.08. The van der Waals surface area contributed by atoms with Gasteiger partial charge in [0.05, 0.1) is 6.61 Å². The highest BCUT2D eigenvalue weighted by Gasteiger charge is 2.31. The van der Waals surface area contributed by atoms with Gasteiger partial charge in [0.1, 0.15) is 10.9 Å². The van der Waals surface area contributed by atoms with E-state index in [1.165, 1.54) is 14.7 Å². The van der Waals surface area contributed by atoms with E-state index in [1.54, 1.807) is 0 Å². The van der Waals surface area contributed by atoms with Crippen molar-refractivity contribution in [3.63, 3.8) is 0 Å². The highest BCUT2D eigenvalue weighted by molar-refractivity contribution is 7.97. The third-order valence-electron chi connectivity index (χ3n) is 3.78. The molecule has 29 heavy (non-hydrogen) atoms. The van der Waals surface area contributed by atoms with Crippen LogP contribution in [-0.4, -0.2) is 13.9 Å². The molecular formula is C22H23BF4OS. The molecule has 0 aromatic heterocycles. The van der Waals surface area contributed by atoms with Crippen molar-refractivity contribution in [2.45, 2.75) is 34.5 Å². The molecule has 3 rings (SSSR count). The predicted octanol–water partition coefficient (Wildman–Crippen LogP) is 7.26.